The standard InChI is InChI=1S/C60H116O6/c1-6-7-8-9-10-11-12-13-14-15-16-17-22-25-32-37-42-47-52-60(63)66-57(54-65-59(62)51-46-41-36-31-27-26-29-34-39-44-49-56(4)5)53-64-58(61)50-45-40-35-30-24-21-19-18-20-23-28-33-38-43-48-55(2)3/h55-57H,6-54H2,1-5H3/t57-/m0/s1. The number of carbonyl (C=O) groups is 3. The number of carbonyl (C=O) groups excluding carboxylic acids is 3. The summed E-state index contributed by atoms with van der Waals surface area (Å²) in [5, 5.41) is 0. The Labute approximate surface area is 412 Å². The molecule has 0 aliphatic heterocycles. The Morgan fingerprint density at radius 3 is 0.742 bits per heavy atom. The van der Waals surface area contributed by atoms with Crippen molar-refractivity contribution in [3.8, 4) is 0 Å². The van der Waals surface area contributed by atoms with Crippen LogP contribution in [0.4, 0.5) is 0 Å². The molecule has 0 aliphatic rings. The molecule has 0 aromatic carbocycles. The van der Waals surface area contributed by atoms with E-state index in [1.807, 2.05) is 0 Å². The second kappa shape index (κ2) is 52.8. The van der Waals surface area contributed by atoms with Crippen molar-refractivity contribution in [1.82, 2.24) is 0 Å². The fraction of sp³-hybridized carbons (Fsp3) is 0.950. The van der Waals surface area contributed by atoms with E-state index in [1.165, 1.54) is 225 Å². The summed E-state index contributed by atoms with van der Waals surface area (Å²) in [5.41, 5.74) is 0. The third-order valence-electron chi connectivity index (χ3n) is 13.7. The van der Waals surface area contributed by atoms with Gasteiger partial charge in [0.15, 0.2) is 6.10 Å². The van der Waals surface area contributed by atoms with E-state index in [0.717, 1.165) is 69.6 Å². The van der Waals surface area contributed by atoms with Crippen LogP contribution in [0.2, 0.25) is 0 Å². The van der Waals surface area contributed by atoms with Crippen LogP contribution in [-0.2, 0) is 28.6 Å². The van der Waals surface area contributed by atoms with E-state index in [0.29, 0.717) is 19.3 Å². The molecular weight excluding hydrogens is 817 g/mol. The van der Waals surface area contributed by atoms with Crippen molar-refractivity contribution in [3.05, 3.63) is 0 Å². The van der Waals surface area contributed by atoms with Gasteiger partial charge in [-0.15, -0.1) is 0 Å². The molecule has 0 N–H and O–H groups in total. The molecule has 0 radical (unpaired) electrons. The maximum absolute atomic E-state index is 12.9. The highest BCUT2D eigenvalue weighted by Gasteiger charge is 2.19. The lowest BCUT2D eigenvalue weighted by Gasteiger charge is -2.18. The summed E-state index contributed by atoms with van der Waals surface area (Å²) in [7, 11) is 0. The molecule has 392 valence electrons. The monoisotopic (exact) mass is 933 g/mol. The lowest BCUT2D eigenvalue weighted by Crippen LogP contribution is -2.30. The summed E-state index contributed by atoms with van der Waals surface area (Å²) in [6.07, 6.45) is 56.7. The maximum atomic E-state index is 12.9. The second-order valence-corrected chi connectivity index (χ2v) is 21.6. The Hall–Kier alpha value is -1.59. The largest absolute Gasteiger partial charge is 0.462 e. The quantitative estimate of drug-likeness (QED) is 0.0343. The van der Waals surface area contributed by atoms with E-state index in [2.05, 4.69) is 34.6 Å². The highest BCUT2D eigenvalue weighted by atomic mass is 16.6. The number of hydrogen-bond acceptors (Lipinski definition) is 6. The van der Waals surface area contributed by atoms with E-state index in [4.69, 9.17) is 14.2 Å². The van der Waals surface area contributed by atoms with Gasteiger partial charge in [0.1, 0.15) is 13.2 Å². The van der Waals surface area contributed by atoms with Crippen LogP contribution in [0.3, 0.4) is 0 Å². The van der Waals surface area contributed by atoms with Crippen LogP contribution < -0.4 is 0 Å². The first-order valence-electron chi connectivity index (χ1n) is 29.7. The van der Waals surface area contributed by atoms with Gasteiger partial charge in [-0.1, -0.05) is 298 Å². The molecule has 0 aromatic rings. The lowest BCUT2D eigenvalue weighted by atomic mass is 10.0. The van der Waals surface area contributed by atoms with Gasteiger partial charge in [0.05, 0.1) is 0 Å². The molecule has 1 atom stereocenters. The predicted octanol–water partition coefficient (Wildman–Crippen LogP) is 19.7. The van der Waals surface area contributed by atoms with Gasteiger partial charge in [0, 0.05) is 19.3 Å². The Bertz CT molecular complexity index is 1010. The molecule has 0 aliphatic carbocycles. The highest BCUT2D eigenvalue weighted by Crippen LogP contribution is 2.18. The molecule has 0 aromatic heterocycles. The van der Waals surface area contributed by atoms with E-state index in [1.54, 1.807) is 0 Å². The van der Waals surface area contributed by atoms with Crippen LogP contribution in [0, 0.1) is 11.8 Å². The molecular formula is C60H116O6. The first-order chi connectivity index (χ1) is 32.2. The maximum Gasteiger partial charge on any atom is 0.306 e. The van der Waals surface area contributed by atoms with Gasteiger partial charge in [0.2, 0.25) is 0 Å². The molecule has 0 amide bonds. The summed E-state index contributed by atoms with van der Waals surface area (Å²) in [6.45, 7) is 11.4. The van der Waals surface area contributed by atoms with Gasteiger partial charge >= 0.3 is 17.9 Å². The minimum absolute atomic E-state index is 0.0627. The molecule has 6 heteroatoms. The summed E-state index contributed by atoms with van der Waals surface area (Å²) in [6, 6.07) is 0. The van der Waals surface area contributed by atoms with Crippen molar-refractivity contribution in [2.75, 3.05) is 13.2 Å². The van der Waals surface area contributed by atoms with Crippen molar-refractivity contribution in [1.29, 1.82) is 0 Å². The van der Waals surface area contributed by atoms with Crippen molar-refractivity contribution in [3.63, 3.8) is 0 Å². The normalized spacial score (nSPS) is 12.0. The molecule has 0 spiro atoms. The summed E-state index contributed by atoms with van der Waals surface area (Å²) < 4.78 is 16.9. The smallest absolute Gasteiger partial charge is 0.306 e. The molecule has 0 heterocycles. The van der Waals surface area contributed by atoms with Gasteiger partial charge in [-0.05, 0) is 31.1 Å². The van der Waals surface area contributed by atoms with Gasteiger partial charge in [-0.25, -0.2) is 0 Å². The number of ether oxygens (including phenoxy) is 3. The summed E-state index contributed by atoms with van der Waals surface area (Å²) >= 11 is 0. The van der Waals surface area contributed by atoms with Crippen LogP contribution in [0.15, 0.2) is 0 Å². The van der Waals surface area contributed by atoms with Gasteiger partial charge < -0.3 is 14.2 Å². The molecule has 6 nitrogen and oxygen atoms in total. The molecule has 0 fully saturated rings. The first-order valence-corrected chi connectivity index (χ1v) is 29.7. The zero-order valence-corrected chi connectivity index (χ0v) is 45.3. The lowest BCUT2D eigenvalue weighted by molar-refractivity contribution is -0.167. The van der Waals surface area contributed by atoms with E-state index < -0.39 is 6.10 Å². The third kappa shape index (κ3) is 53.4. The summed E-state index contributed by atoms with van der Waals surface area (Å²) in [5.74, 6) is 0.825. The first kappa shape index (κ1) is 64.4. The van der Waals surface area contributed by atoms with Gasteiger partial charge in [-0.2, -0.15) is 0 Å². The highest BCUT2D eigenvalue weighted by molar-refractivity contribution is 5.71. The third-order valence-corrected chi connectivity index (χ3v) is 13.7. The Morgan fingerprint density at radius 2 is 0.500 bits per heavy atom. The number of rotatable bonds is 54. The van der Waals surface area contributed by atoms with Crippen molar-refractivity contribution in [2.24, 2.45) is 11.8 Å². The van der Waals surface area contributed by atoms with Crippen molar-refractivity contribution < 1.29 is 28.6 Å². The second-order valence-electron chi connectivity index (χ2n) is 21.6. The van der Waals surface area contributed by atoms with Crippen molar-refractivity contribution in [2.45, 2.75) is 343 Å². The zero-order chi connectivity index (χ0) is 48.2. The minimum Gasteiger partial charge on any atom is -0.462 e. The van der Waals surface area contributed by atoms with Crippen LogP contribution in [-0.4, -0.2) is 37.2 Å². The summed E-state index contributed by atoms with van der Waals surface area (Å²) in [4.78, 5) is 38.2. The molecule has 0 bridgehead atoms. The zero-order valence-electron chi connectivity index (χ0n) is 45.3. The van der Waals surface area contributed by atoms with Crippen LogP contribution in [0.25, 0.3) is 0 Å². The molecule has 0 saturated heterocycles. The number of unbranched alkanes of at least 4 members (excludes halogenated alkanes) is 39. The molecule has 0 saturated carbocycles. The van der Waals surface area contributed by atoms with Crippen LogP contribution >= 0.6 is 0 Å². The predicted molar refractivity (Wildman–Crippen MR) is 284 cm³/mol. The topological polar surface area (TPSA) is 78.9 Å². The van der Waals surface area contributed by atoms with Crippen molar-refractivity contribution >= 4 is 17.9 Å². The molecule has 66 heavy (non-hydrogen) atoms. The van der Waals surface area contributed by atoms with Gasteiger partial charge in [0.25, 0.3) is 0 Å². The SMILES string of the molecule is CCCCCCCCCCCCCCCCCCCCC(=O)O[C@@H](COC(=O)CCCCCCCCCCCCCCCCC(C)C)COC(=O)CCCCCCCCCCCCC(C)C. The Balaban J connectivity index is 4.28. The van der Waals surface area contributed by atoms with E-state index >= 15 is 0 Å². The Kier molecular flexibility index (Phi) is 51.5. The number of esters is 3. The van der Waals surface area contributed by atoms with Crippen LogP contribution in [0.5, 0.6) is 0 Å². The fourth-order valence-corrected chi connectivity index (χ4v) is 9.23. The van der Waals surface area contributed by atoms with E-state index in [-0.39, 0.29) is 31.1 Å². The average Bonchev–Trinajstić information content (AvgIpc) is 3.29. The molecule has 0 unspecified atom stereocenters. The van der Waals surface area contributed by atoms with E-state index in [9.17, 15) is 14.4 Å². The average molecular weight is 934 g/mol. The fourth-order valence-electron chi connectivity index (χ4n) is 9.23. The van der Waals surface area contributed by atoms with Crippen LogP contribution in [0.1, 0.15) is 336 Å². The van der Waals surface area contributed by atoms with Gasteiger partial charge in [-0.3, -0.25) is 14.4 Å². The minimum atomic E-state index is -0.763. The molecule has 0 rings (SSSR count). The number of hydrogen-bond donors (Lipinski definition) is 0. The Morgan fingerprint density at radius 1 is 0.288 bits per heavy atom.